The number of H-pyrrole nitrogens is 1. The van der Waals surface area contributed by atoms with Crippen LogP contribution in [0.3, 0.4) is 0 Å². The molecule has 0 amide bonds. The second-order valence-electron chi connectivity index (χ2n) is 5.57. The molecular formula is C15H18ClN3O. The summed E-state index contributed by atoms with van der Waals surface area (Å²) < 4.78 is 0. The van der Waals surface area contributed by atoms with Gasteiger partial charge < -0.3 is 10.3 Å². The molecule has 1 saturated carbocycles. The van der Waals surface area contributed by atoms with E-state index in [0.717, 1.165) is 0 Å². The number of nitrogens with zero attached hydrogens (tertiary/aromatic N) is 1. The van der Waals surface area contributed by atoms with E-state index < -0.39 is 0 Å². The van der Waals surface area contributed by atoms with Gasteiger partial charge in [0.15, 0.2) is 0 Å². The van der Waals surface area contributed by atoms with Crippen LogP contribution in [-0.2, 0) is 6.54 Å². The zero-order valence-corrected chi connectivity index (χ0v) is 12.2. The molecule has 2 atom stereocenters. The van der Waals surface area contributed by atoms with Gasteiger partial charge >= 0.3 is 0 Å². The maximum absolute atomic E-state index is 12.0. The summed E-state index contributed by atoms with van der Waals surface area (Å²) in [6, 6.07) is 5.67. The highest BCUT2D eigenvalue weighted by Crippen LogP contribution is 2.24. The Kier molecular flexibility index (Phi) is 3.76. The average Bonchev–Trinajstić information content (AvgIpc) is 2.81. The van der Waals surface area contributed by atoms with Crippen molar-refractivity contribution < 1.29 is 0 Å². The van der Waals surface area contributed by atoms with Gasteiger partial charge in [-0.05, 0) is 37.0 Å². The Labute approximate surface area is 122 Å². The Balaban J connectivity index is 1.83. The van der Waals surface area contributed by atoms with Gasteiger partial charge in [-0.15, -0.1) is 0 Å². The molecule has 1 fully saturated rings. The van der Waals surface area contributed by atoms with Gasteiger partial charge in [-0.2, -0.15) is 0 Å². The van der Waals surface area contributed by atoms with Crippen LogP contribution < -0.4 is 10.9 Å². The highest BCUT2D eigenvalue weighted by Gasteiger charge is 2.22. The van der Waals surface area contributed by atoms with E-state index in [4.69, 9.17) is 11.6 Å². The third-order valence-corrected chi connectivity index (χ3v) is 4.35. The van der Waals surface area contributed by atoms with Crippen molar-refractivity contribution in [1.29, 1.82) is 0 Å². The lowest BCUT2D eigenvalue weighted by Gasteiger charge is -2.16. The summed E-state index contributed by atoms with van der Waals surface area (Å²) >= 11 is 5.96. The van der Waals surface area contributed by atoms with Crippen LogP contribution in [0.5, 0.6) is 0 Å². The summed E-state index contributed by atoms with van der Waals surface area (Å²) in [5.74, 6) is 1.36. The molecule has 1 aliphatic rings. The van der Waals surface area contributed by atoms with Crippen molar-refractivity contribution in [3.8, 4) is 0 Å². The molecular weight excluding hydrogens is 274 g/mol. The normalized spacial score (nSPS) is 22.5. The van der Waals surface area contributed by atoms with Crippen LogP contribution in [0.2, 0.25) is 5.02 Å². The van der Waals surface area contributed by atoms with Crippen molar-refractivity contribution in [3.05, 3.63) is 39.4 Å². The van der Waals surface area contributed by atoms with E-state index in [1.54, 1.807) is 18.2 Å². The zero-order valence-electron chi connectivity index (χ0n) is 11.4. The van der Waals surface area contributed by atoms with Crippen LogP contribution in [0.1, 0.15) is 32.0 Å². The van der Waals surface area contributed by atoms with E-state index in [0.29, 0.717) is 40.3 Å². The summed E-state index contributed by atoms with van der Waals surface area (Å²) in [5.41, 5.74) is 0.542. The van der Waals surface area contributed by atoms with Crippen molar-refractivity contribution in [3.63, 3.8) is 0 Å². The minimum Gasteiger partial charge on any atom is -0.309 e. The minimum atomic E-state index is -0.108. The van der Waals surface area contributed by atoms with Crippen molar-refractivity contribution >= 4 is 22.5 Å². The first-order chi connectivity index (χ1) is 9.63. The molecule has 0 radical (unpaired) electrons. The van der Waals surface area contributed by atoms with E-state index in [1.165, 1.54) is 19.3 Å². The van der Waals surface area contributed by atoms with E-state index >= 15 is 0 Å². The molecule has 2 N–H and O–H groups in total. The second kappa shape index (κ2) is 5.54. The number of nitrogens with one attached hydrogen (secondary N) is 2. The van der Waals surface area contributed by atoms with Gasteiger partial charge in [0.2, 0.25) is 0 Å². The predicted octanol–water partition coefficient (Wildman–Crippen LogP) is 2.85. The third-order valence-electron chi connectivity index (χ3n) is 4.11. The van der Waals surface area contributed by atoms with Gasteiger partial charge in [0, 0.05) is 11.1 Å². The summed E-state index contributed by atoms with van der Waals surface area (Å²) in [6.45, 7) is 2.85. The smallest absolute Gasteiger partial charge is 0.258 e. The standard InChI is InChI=1S/C15H18ClN3O/c1-9-3-2-4-12(9)17-8-14-18-13-7-10(16)5-6-11(13)15(20)19-14/h5-7,9,12,17H,2-4,8H2,1H3,(H,18,19,20). The van der Waals surface area contributed by atoms with E-state index in [1.807, 2.05) is 0 Å². The van der Waals surface area contributed by atoms with E-state index in [2.05, 4.69) is 22.2 Å². The molecule has 20 heavy (non-hydrogen) atoms. The predicted molar refractivity (Wildman–Crippen MR) is 81.0 cm³/mol. The summed E-state index contributed by atoms with van der Waals surface area (Å²) in [7, 11) is 0. The molecule has 1 aromatic heterocycles. The van der Waals surface area contributed by atoms with Gasteiger partial charge in [-0.25, -0.2) is 4.98 Å². The second-order valence-corrected chi connectivity index (χ2v) is 6.01. The van der Waals surface area contributed by atoms with Crippen molar-refractivity contribution in [2.24, 2.45) is 5.92 Å². The quantitative estimate of drug-likeness (QED) is 0.914. The van der Waals surface area contributed by atoms with Crippen LogP contribution >= 0.6 is 11.6 Å². The topological polar surface area (TPSA) is 57.8 Å². The lowest BCUT2D eigenvalue weighted by Crippen LogP contribution is -2.31. The molecule has 0 saturated heterocycles. The fraction of sp³-hybridized carbons (Fsp3) is 0.467. The van der Waals surface area contributed by atoms with Crippen molar-refractivity contribution in [2.45, 2.75) is 38.8 Å². The molecule has 2 unspecified atom stereocenters. The molecule has 1 heterocycles. The first-order valence-electron chi connectivity index (χ1n) is 7.05. The summed E-state index contributed by atoms with van der Waals surface area (Å²) in [5, 5.41) is 4.66. The van der Waals surface area contributed by atoms with Gasteiger partial charge in [-0.3, -0.25) is 4.79 Å². The molecule has 0 bridgehead atoms. The highest BCUT2D eigenvalue weighted by molar-refractivity contribution is 6.31. The van der Waals surface area contributed by atoms with Crippen LogP contribution in [0.15, 0.2) is 23.0 Å². The molecule has 0 spiro atoms. The van der Waals surface area contributed by atoms with Crippen LogP contribution in [0, 0.1) is 5.92 Å². The maximum atomic E-state index is 12.0. The first-order valence-corrected chi connectivity index (χ1v) is 7.43. The SMILES string of the molecule is CC1CCCC1NCc1nc2cc(Cl)ccc2c(=O)[nH]1. The number of rotatable bonds is 3. The number of aromatic amines is 1. The fourth-order valence-electron chi connectivity index (χ4n) is 2.92. The molecule has 0 aliphatic heterocycles. The molecule has 5 heteroatoms. The molecule has 106 valence electrons. The van der Waals surface area contributed by atoms with Crippen LogP contribution in [0.25, 0.3) is 10.9 Å². The summed E-state index contributed by atoms with van der Waals surface area (Å²) in [4.78, 5) is 19.3. The van der Waals surface area contributed by atoms with Crippen LogP contribution in [-0.4, -0.2) is 16.0 Å². The molecule has 4 nitrogen and oxygen atoms in total. The van der Waals surface area contributed by atoms with E-state index in [9.17, 15) is 4.79 Å². The molecule has 2 aromatic rings. The molecule has 3 rings (SSSR count). The third kappa shape index (κ3) is 2.72. The average molecular weight is 292 g/mol. The van der Waals surface area contributed by atoms with Crippen LogP contribution in [0.4, 0.5) is 0 Å². The van der Waals surface area contributed by atoms with Crippen molar-refractivity contribution in [2.75, 3.05) is 0 Å². The fourth-order valence-corrected chi connectivity index (χ4v) is 3.09. The molecule has 1 aliphatic carbocycles. The van der Waals surface area contributed by atoms with Crippen molar-refractivity contribution in [1.82, 2.24) is 15.3 Å². The Morgan fingerprint density at radius 3 is 3.05 bits per heavy atom. The Morgan fingerprint density at radius 1 is 1.45 bits per heavy atom. The zero-order chi connectivity index (χ0) is 14.1. The Hall–Kier alpha value is -1.39. The number of fused-ring (bicyclic) bond motifs is 1. The Bertz CT molecular complexity index is 682. The number of hydrogen-bond acceptors (Lipinski definition) is 3. The first kappa shape index (κ1) is 13.6. The van der Waals surface area contributed by atoms with Gasteiger partial charge in [-0.1, -0.05) is 24.9 Å². The summed E-state index contributed by atoms with van der Waals surface area (Å²) in [6.07, 6.45) is 3.75. The lowest BCUT2D eigenvalue weighted by atomic mass is 10.1. The highest BCUT2D eigenvalue weighted by atomic mass is 35.5. The number of halogens is 1. The lowest BCUT2D eigenvalue weighted by molar-refractivity contribution is 0.421. The minimum absolute atomic E-state index is 0.108. The van der Waals surface area contributed by atoms with Gasteiger partial charge in [0.05, 0.1) is 17.4 Å². The van der Waals surface area contributed by atoms with Gasteiger partial charge in [0.25, 0.3) is 5.56 Å². The van der Waals surface area contributed by atoms with Gasteiger partial charge in [0.1, 0.15) is 5.82 Å². The largest absolute Gasteiger partial charge is 0.309 e. The number of hydrogen-bond donors (Lipinski definition) is 2. The maximum Gasteiger partial charge on any atom is 0.258 e. The molecule has 1 aromatic carbocycles. The monoisotopic (exact) mass is 291 g/mol. The number of benzene rings is 1. The Morgan fingerprint density at radius 2 is 2.30 bits per heavy atom. The number of aromatic nitrogens is 2. The van der Waals surface area contributed by atoms with E-state index in [-0.39, 0.29) is 5.56 Å².